The smallest absolute Gasteiger partial charge is 0.238 e. The van der Waals surface area contributed by atoms with Crippen molar-refractivity contribution in [3.63, 3.8) is 0 Å². The maximum Gasteiger partial charge on any atom is 0.238 e. The Morgan fingerprint density at radius 2 is 1.83 bits per heavy atom. The van der Waals surface area contributed by atoms with Crippen molar-refractivity contribution >= 4 is 55.9 Å². The second kappa shape index (κ2) is 9.27. The number of rotatable bonds is 8. The fourth-order valence-corrected chi connectivity index (χ4v) is 5.77. The van der Waals surface area contributed by atoms with Gasteiger partial charge in [0.05, 0.1) is 16.3 Å². The largest absolute Gasteiger partial charge is 0.368 e. The quantitative estimate of drug-likeness (QED) is 0.329. The first-order valence-corrected chi connectivity index (χ1v) is 13.8. The summed E-state index contributed by atoms with van der Waals surface area (Å²) in [6.45, 7) is 0. The number of nitrogens with zero attached hydrogens (tertiary/aromatic N) is 3. The van der Waals surface area contributed by atoms with E-state index in [1.807, 2.05) is 18.2 Å². The third-order valence-corrected chi connectivity index (χ3v) is 8.21. The summed E-state index contributed by atoms with van der Waals surface area (Å²) in [7, 11) is -3.87. The molecule has 0 atom stereocenters. The molecule has 8 nitrogen and oxygen atoms in total. The molecule has 1 aliphatic rings. The molecule has 0 unspecified atom stereocenters. The SMILES string of the molecule is Nc1nnc(SCC(=O)Cc2ccc(S(N)(=O)=O)cc2Cl)n1-c1ccc(C2CC2)c2ccccc12. The molecule has 0 bridgehead atoms. The first-order chi connectivity index (χ1) is 16.7. The fourth-order valence-electron chi connectivity index (χ4n) is 4.11. The van der Waals surface area contributed by atoms with Crippen LogP contribution in [0.2, 0.25) is 5.02 Å². The van der Waals surface area contributed by atoms with Gasteiger partial charge < -0.3 is 5.73 Å². The number of ketones is 1. The maximum atomic E-state index is 12.7. The van der Waals surface area contributed by atoms with Crippen molar-refractivity contribution in [2.45, 2.75) is 35.2 Å². The van der Waals surface area contributed by atoms with Gasteiger partial charge >= 0.3 is 0 Å². The second-order valence-electron chi connectivity index (χ2n) is 8.47. The molecule has 11 heteroatoms. The molecule has 3 aromatic carbocycles. The second-order valence-corrected chi connectivity index (χ2v) is 11.4. The number of aromatic nitrogens is 3. The van der Waals surface area contributed by atoms with Crippen molar-refractivity contribution in [2.24, 2.45) is 5.14 Å². The van der Waals surface area contributed by atoms with Gasteiger partial charge in [-0.05, 0) is 53.5 Å². The maximum absolute atomic E-state index is 12.7. The molecular formula is C24H22ClN5O3S2. The van der Waals surface area contributed by atoms with E-state index >= 15 is 0 Å². The number of nitrogens with two attached hydrogens (primary N) is 2. The number of benzene rings is 3. The molecule has 0 spiro atoms. The number of carbonyl (C=O) groups excluding carboxylic acids is 1. The Morgan fingerprint density at radius 1 is 1.09 bits per heavy atom. The number of carbonyl (C=O) groups is 1. The van der Waals surface area contributed by atoms with Gasteiger partial charge in [-0.25, -0.2) is 13.6 Å². The normalized spacial score (nSPS) is 13.9. The molecule has 180 valence electrons. The number of anilines is 1. The third-order valence-electron chi connectivity index (χ3n) is 5.95. The lowest BCUT2D eigenvalue weighted by atomic mass is 9.99. The minimum Gasteiger partial charge on any atom is -0.368 e. The lowest BCUT2D eigenvalue weighted by molar-refractivity contribution is -0.116. The fraction of sp³-hybridized carbons (Fsp3) is 0.208. The number of Topliss-reactive ketones (excluding diaryl/α,β-unsaturated/α-hetero) is 1. The van der Waals surface area contributed by atoms with Crippen LogP contribution in [0.1, 0.15) is 29.9 Å². The first-order valence-electron chi connectivity index (χ1n) is 10.9. The summed E-state index contributed by atoms with van der Waals surface area (Å²) in [5, 5.41) is 16.3. The number of halogens is 1. The first kappa shape index (κ1) is 23.8. The van der Waals surface area contributed by atoms with E-state index in [0.717, 1.165) is 11.1 Å². The lowest BCUT2D eigenvalue weighted by Crippen LogP contribution is -2.13. The number of thioether (sulfide) groups is 1. The monoisotopic (exact) mass is 527 g/mol. The van der Waals surface area contributed by atoms with Gasteiger partial charge in [-0.2, -0.15) is 0 Å². The van der Waals surface area contributed by atoms with Crippen molar-refractivity contribution in [3.8, 4) is 5.69 Å². The van der Waals surface area contributed by atoms with E-state index in [9.17, 15) is 13.2 Å². The summed E-state index contributed by atoms with van der Waals surface area (Å²) >= 11 is 7.41. The van der Waals surface area contributed by atoms with E-state index in [1.54, 1.807) is 4.57 Å². The molecule has 1 fully saturated rings. The van der Waals surface area contributed by atoms with Crippen molar-refractivity contribution in [1.82, 2.24) is 14.8 Å². The van der Waals surface area contributed by atoms with Gasteiger partial charge in [-0.1, -0.05) is 59.8 Å². The highest BCUT2D eigenvalue weighted by molar-refractivity contribution is 7.99. The Labute approximate surface area is 211 Å². The van der Waals surface area contributed by atoms with Crippen LogP contribution in [0.3, 0.4) is 0 Å². The Morgan fingerprint density at radius 3 is 2.51 bits per heavy atom. The summed E-state index contributed by atoms with van der Waals surface area (Å²) in [6.07, 6.45) is 2.45. The van der Waals surface area contributed by atoms with Gasteiger partial charge in [-0.3, -0.25) is 9.36 Å². The van der Waals surface area contributed by atoms with Gasteiger partial charge in [0, 0.05) is 16.8 Å². The molecule has 1 saturated carbocycles. The number of sulfonamides is 1. The number of fused-ring (bicyclic) bond motifs is 1. The average molecular weight is 528 g/mol. The van der Waals surface area contributed by atoms with Crippen LogP contribution < -0.4 is 10.9 Å². The van der Waals surface area contributed by atoms with Crippen molar-refractivity contribution < 1.29 is 13.2 Å². The number of primary sulfonamides is 1. The van der Waals surface area contributed by atoms with Crippen molar-refractivity contribution in [3.05, 3.63) is 70.7 Å². The predicted octanol–water partition coefficient (Wildman–Crippen LogP) is 4.08. The molecule has 35 heavy (non-hydrogen) atoms. The molecule has 1 heterocycles. The number of nitrogen functional groups attached to an aromatic ring is 1. The minimum atomic E-state index is -3.87. The number of hydrogen-bond donors (Lipinski definition) is 2. The molecule has 0 amide bonds. The van der Waals surface area contributed by atoms with Gasteiger partial charge in [0.1, 0.15) is 5.78 Å². The summed E-state index contributed by atoms with van der Waals surface area (Å²) in [5.41, 5.74) is 8.91. The summed E-state index contributed by atoms with van der Waals surface area (Å²) < 4.78 is 24.7. The average Bonchev–Trinajstić information content (AvgIpc) is 3.60. The van der Waals surface area contributed by atoms with E-state index in [4.69, 9.17) is 22.5 Å². The topological polar surface area (TPSA) is 134 Å². The van der Waals surface area contributed by atoms with Gasteiger partial charge in [0.15, 0.2) is 5.16 Å². The Balaban J connectivity index is 1.37. The lowest BCUT2D eigenvalue weighted by Gasteiger charge is -2.14. The van der Waals surface area contributed by atoms with E-state index in [0.29, 0.717) is 16.6 Å². The van der Waals surface area contributed by atoms with Crippen LogP contribution in [0.25, 0.3) is 16.5 Å². The van der Waals surface area contributed by atoms with Crippen LogP contribution in [0.5, 0.6) is 0 Å². The minimum absolute atomic E-state index is 0.0410. The highest BCUT2D eigenvalue weighted by Gasteiger charge is 2.26. The zero-order valence-corrected chi connectivity index (χ0v) is 20.9. The Hall–Kier alpha value is -2.92. The van der Waals surface area contributed by atoms with Crippen LogP contribution in [-0.2, 0) is 21.2 Å². The molecule has 4 aromatic rings. The third kappa shape index (κ3) is 4.92. The number of hydrogen-bond acceptors (Lipinski definition) is 7. The van der Waals surface area contributed by atoms with E-state index in [2.05, 4.69) is 28.4 Å². The van der Waals surface area contributed by atoms with Crippen molar-refractivity contribution in [1.29, 1.82) is 0 Å². The standard InChI is InChI=1S/C24H22ClN5O3S2/c25-21-12-17(35(27,32)33)8-7-15(21)11-16(31)13-34-24-29-28-23(26)30(24)22-10-9-18(14-5-6-14)19-3-1-2-4-20(19)22/h1-4,7-10,12,14H,5-6,11,13H2,(H2,26,28)(H2,27,32,33). The zero-order chi connectivity index (χ0) is 24.7. The summed E-state index contributed by atoms with van der Waals surface area (Å²) in [4.78, 5) is 12.6. The molecular weight excluding hydrogens is 506 g/mol. The zero-order valence-electron chi connectivity index (χ0n) is 18.5. The van der Waals surface area contributed by atoms with Crippen LogP contribution in [0, 0.1) is 0 Å². The summed E-state index contributed by atoms with van der Waals surface area (Å²) in [5.74, 6) is 0.849. The molecule has 1 aromatic heterocycles. The highest BCUT2D eigenvalue weighted by Crippen LogP contribution is 2.44. The van der Waals surface area contributed by atoms with Crippen LogP contribution >= 0.6 is 23.4 Å². The van der Waals surface area contributed by atoms with Crippen LogP contribution in [0.4, 0.5) is 5.95 Å². The molecule has 5 rings (SSSR count). The van der Waals surface area contributed by atoms with Gasteiger partial charge in [-0.15, -0.1) is 10.2 Å². The predicted molar refractivity (Wildman–Crippen MR) is 138 cm³/mol. The van der Waals surface area contributed by atoms with E-state index < -0.39 is 10.0 Å². The Bertz CT molecular complexity index is 1560. The van der Waals surface area contributed by atoms with Gasteiger partial charge in [0.2, 0.25) is 16.0 Å². The van der Waals surface area contributed by atoms with Crippen LogP contribution in [-0.4, -0.2) is 34.7 Å². The van der Waals surface area contributed by atoms with Crippen LogP contribution in [0.15, 0.2) is 64.6 Å². The molecule has 1 aliphatic carbocycles. The molecule has 0 aliphatic heterocycles. The summed E-state index contributed by atoms with van der Waals surface area (Å²) in [6, 6.07) is 16.5. The molecule has 0 saturated heterocycles. The van der Waals surface area contributed by atoms with Crippen molar-refractivity contribution in [2.75, 3.05) is 11.5 Å². The Kier molecular flexibility index (Phi) is 6.30. The van der Waals surface area contributed by atoms with E-state index in [1.165, 1.54) is 53.8 Å². The molecule has 0 radical (unpaired) electrons. The van der Waals surface area contributed by atoms with E-state index in [-0.39, 0.29) is 33.8 Å². The van der Waals surface area contributed by atoms with Gasteiger partial charge in [0.25, 0.3) is 0 Å². The molecule has 4 N–H and O–H groups in total. The highest BCUT2D eigenvalue weighted by atomic mass is 35.5.